The lowest BCUT2D eigenvalue weighted by Gasteiger charge is -1.97. The van der Waals surface area contributed by atoms with Gasteiger partial charge in [0.25, 0.3) is 0 Å². The van der Waals surface area contributed by atoms with E-state index in [1.807, 2.05) is 10.9 Å². The van der Waals surface area contributed by atoms with Gasteiger partial charge in [0.1, 0.15) is 0 Å². The van der Waals surface area contributed by atoms with Crippen LogP contribution >= 0.6 is 11.3 Å². The molecule has 14 heavy (non-hydrogen) atoms. The zero-order valence-electron chi connectivity index (χ0n) is 7.73. The van der Waals surface area contributed by atoms with Crippen molar-refractivity contribution >= 4 is 17.4 Å². The third kappa shape index (κ3) is 2.29. The summed E-state index contributed by atoms with van der Waals surface area (Å²) in [5.74, 6) is 0.640. The van der Waals surface area contributed by atoms with Crippen molar-refractivity contribution < 1.29 is 4.52 Å². The molecule has 74 valence electrons. The van der Waals surface area contributed by atoms with Crippen molar-refractivity contribution in [3.05, 3.63) is 22.4 Å². The first-order valence-corrected chi connectivity index (χ1v) is 5.20. The third-order valence-corrected chi connectivity index (χ3v) is 2.30. The second-order valence-corrected chi connectivity index (χ2v) is 3.52. The van der Waals surface area contributed by atoms with E-state index in [1.165, 1.54) is 0 Å². The highest BCUT2D eigenvalue weighted by Gasteiger charge is 2.01. The summed E-state index contributed by atoms with van der Waals surface area (Å²) in [6.45, 7) is 2.54. The Hall–Kier alpha value is -1.43. The van der Waals surface area contributed by atoms with Crippen molar-refractivity contribution in [2.24, 2.45) is 0 Å². The van der Waals surface area contributed by atoms with Crippen LogP contribution in [0.4, 0.5) is 6.01 Å². The normalized spacial score (nSPS) is 10.4. The number of hydrogen-bond donors (Lipinski definition) is 1. The minimum atomic E-state index is 0.470. The Bertz CT molecular complexity index is 384. The molecule has 0 radical (unpaired) electrons. The molecule has 0 saturated carbocycles. The van der Waals surface area contributed by atoms with Gasteiger partial charge in [0.05, 0.1) is 11.2 Å². The lowest BCUT2D eigenvalue weighted by Crippen LogP contribution is -2.05. The molecule has 0 atom stereocenters. The molecule has 0 amide bonds. The quantitative estimate of drug-likeness (QED) is 0.828. The predicted molar refractivity (Wildman–Crippen MR) is 53.3 cm³/mol. The second-order valence-electron chi connectivity index (χ2n) is 2.80. The van der Waals surface area contributed by atoms with Gasteiger partial charge in [-0.15, -0.1) is 11.3 Å². The SMILES string of the molecule is Cc1noc(NCCc2cscn2)n1. The summed E-state index contributed by atoms with van der Waals surface area (Å²) in [5, 5.41) is 8.73. The molecule has 0 aliphatic carbocycles. The van der Waals surface area contributed by atoms with Gasteiger partial charge in [0.15, 0.2) is 5.82 Å². The first-order valence-electron chi connectivity index (χ1n) is 4.26. The molecular weight excluding hydrogens is 200 g/mol. The van der Waals surface area contributed by atoms with E-state index in [1.54, 1.807) is 18.3 Å². The number of aromatic nitrogens is 3. The summed E-state index contributed by atoms with van der Waals surface area (Å²) in [6.07, 6.45) is 0.866. The molecule has 2 aromatic heterocycles. The Balaban J connectivity index is 1.78. The number of rotatable bonds is 4. The van der Waals surface area contributed by atoms with E-state index in [4.69, 9.17) is 4.52 Å². The monoisotopic (exact) mass is 210 g/mol. The van der Waals surface area contributed by atoms with Gasteiger partial charge in [0, 0.05) is 18.3 Å². The van der Waals surface area contributed by atoms with E-state index < -0.39 is 0 Å². The smallest absolute Gasteiger partial charge is 0.321 e. The molecule has 0 fully saturated rings. The van der Waals surface area contributed by atoms with E-state index >= 15 is 0 Å². The predicted octanol–water partition coefficient (Wildman–Crippen LogP) is 1.49. The lowest BCUT2D eigenvalue weighted by atomic mass is 10.3. The first-order chi connectivity index (χ1) is 6.84. The fourth-order valence-corrected chi connectivity index (χ4v) is 1.62. The summed E-state index contributed by atoms with van der Waals surface area (Å²) in [4.78, 5) is 8.19. The van der Waals surface area contributed by atoms with E-state index in [2.05, 4.69) is 20.4 Å². The van der Waals surface area contributed by atoms with E-state index in [-0.39, 0.29) is 0 Å². The van der Waals surface area contributed by atoms with Crippen molar-refractivity contribution in [2.75, 3.05) is 11.9 Å². The summed E-state index contributed by atoms with van der Waals surface area (Å²) in [5.41, 5.74) is 2.91. The summed E-state index contributed by atoms with van der Waals surface area (Å²) in [6, 6.07) is 0.470. The van der Waals surface area contributed by atoms with Crippen LogP contribution in [0.15, 0.2) is 15.4 Å². The van der Waals surface area contributed by atoms with Gasteiger partial charge in [-0.3, -0.25) is 0 Å². The van der Waals surface area contributed by atoms with E-state index in [0.717, 1.165) is 18.7 Å². The van der Waals surface area contributed by atoms with Gasteiger partial charge >= 0.3 is 6.01 Å². The van der Waals surface area contributed by atoms with Crippen LogP contribution in [0.3, 0.4) is 0 Å². The summed E-state index contributed by atoms with van der Waals surface area (Å²) < 4.78 is 4.89. The molecule has 2 aromatic rings. The van der Waals surface area contributed by atoms with Crippen LogP contribution in [-0.4, -0.2) is 21.7 Å². The van der Waals surface area contributed by atoms with Crippen LogP contribution in [-0.2, 0) is 6.42 Å². The van der Waals surface area contributed by atoms with Crippen LogP contribution in [0.2, 0.25) is 0 Å². The molecule has 0 aliphatic heterocycles. The van der Waals surface area contributed by atoms with Crippen LogP contribution in [0.5, 0.6) is 0 Å². The van der Waals surface area contributed by atoms with Crippen molar-refractivity contribution in [3.8, 4) is 0 Å². The molecule has 0 aromatic carbocycles. The number of aryl methyl sites for hydroxylation is 1. The maximum absolute atomic E-state index is 4.89. The minimum Gasteiger partial charge on any atom is -0.337 e. The molecule has 6 heteroatoms. The molecule has 0 saturated heterocycles. The zero-order valence-corrected chi connectivity index (χ0v) is 8.54. The molecule has 2 rings (SSSR count). The van der Waals surface area contributed by atoms with E-state index in [0.29, 0.717) is 11.8 Å². The highest BCUT2D eigenvalue weighted by Crippen LogP contribution is 2.04. The summed E-state index contributed by atoms with van der Waals surface area (Å²) in [7, 11) is 0. The van der Waals surface area contributed by atoms with Gasteiger partial charge in [-0.25, -0.2) is 4.98 Å². The molecule has 0 aliphatic rings. The van der Waals surface area contributed by atoms with Crippen molar-refractivity contribution in [1.29, 1.82) is 0 Å². The van der Waals surface area contributed by atoms with Crippen molar-refractivity contribution in [1.82, 2.24) is 15.1 Å². The largest absolute Gasteiger partial charge is 0.337 e. The number of nitrogens with zero attached hydrogens (tertiary/aromatic N) is 3. The second kappa shape index (κ2) is 4.19. The maximum Gasteiger partial charge on any atom is 0.321 e. The first kappa shape index (κ1) is 9.14. The van der Waals surface area contributed by atoms with Gasteiger partial charge < -0.3 is 9.84 Å². The zero-order chi connectivity index (χ0) is 9.80. The molecule has 5 nitrogen and oxygen atoms in total. The average molecular weight is 210 g/mol. The third-order valence-electron chi connectivity index (χ3n) is 1.67. The van der Waals surface area contributed by atoms with Crippen LogP contribution in [0.1, 0.15) is 11.5 Å². The Morgan fingerprint density at radius 1 is 1.57 bits per heavy atom. The molecule has 0 spiro atoms. The lowest BCUT2D eigenvalue weighted by molar-refractivity contribution is 0.425. The van der Waals surface area contributed by atoms with Crippen LogP contribution < -0.4 is 5.32 Å². The summed E-state index contributed by atoms with van der Waals surface area (Å²) >= 11 is 1.60. The topological polar surface area (TPSA) is 63.8 Å². The van der Waals surface area contributed by atoms with Crippen molar-refractivity contribution in [2.45, 2.75) is 13.3 Å². The Morgan fingerprint density at radius 3 is 3.14 bits per heavy atom. The molecule has 0 unspecified atom stereocenters. The molecule has 1 N–H and O–H groups in total. The van der Waals surface area contributed by atoms with Crippen molar-refractivity contribution in [3.63, 3.8) is 0 Å². The standard InChI is InChI=1S/C8H10N4OS/c1-6-11-8(13-12-6)9-3-2-7-4-14-5-10-7/h4-5H,2-3H2,1H3,(H,9,11,12). The van der Waals surface area contributed by atoms with Crippen LogP contribution in [0.25, 0.3) is 0 Å². The average Bonchev–Trinajstić information content (AvgIpc) is 2.77. The Morgan fingerprint density at radius 2 is 2.50 bits per heavy atom. The van der Waals surface area contributed by atoms with Gasteiger partial charge in [-0.1, -0.05) is 5.16 Å². The van der Waals surface area contributed by atoms with Gasteiger partial charge in [0.2, 0.25) is 0 Å². The van der Waals surface area contributed by atoms with Crippen LogP contribution in [0, 0.1) is 6.92 Å². The minimum absolute atomic E-state index is 0.470. The highest BCUT2D eigenvalue weighted by atomic mass is 32.1. The maximum atomic E-state index is 4.89. The highest BCUT2D eigenvalue weighted by molar-refractivity contribution is 7.07. The number of hydrogen-bond acceptors (Lipinski definition) is 6. The number of thiazole rings is 1. The van der Waals surface area contributed by atoms with Gasteiger partial charge in [-0.2, -0.15) is 4.98 Å². The fraction of sp³-hybridized carbons (Fsp3) is 0.375. The number of anilines is 1. The van der Waals surface area contributed by atoms with E-state index in [9.17, 15) is 0 Å². The number of nitrogens with one attached hydrogen (secondary N) is 1. The molecule has 0 bridgehead atoms. The Kier molecular flexibility index (Phi) is 2.73. The van der Waals surface area contributed by atoms with Gasteiger partial charge in [-0.05, 0) is 6.92 Å². The Labute approximate surface area is 85.2 Å². The molecular formula is C8H10N4OS. The fourth-order valence-electron chi connectivity index (χ4n) is 1.03. The molecule has 2 heterocycles.